The van der Waals surface area contributed by atoms with Crippen LogP contribution in [0, 0.1) is 10.1 Å². The van der Waals surface area contributed by atoms with Gasteiger partial charge in [0.05, 0.1) is 22.0 Å². The van der Waals surface area contributed by atoms with E-state index in [0.29, 0.717) is 17.0 Å². The van der Waals surface area contributed by atoms with E-state index >= 15 is 0 Å². The average Bonchev–Trinajstić information content (AvgIpc) is 3.22. The minimum atomic E-state index is -0.449. The van der Waals surface area contributed by atoms with E-state index < -0.39 is 4.92 Å². The van der Waals surface area contributed by atoms with Crippen molar-refractivity contribution in [3.8, 4) is 28.2 Å². The van der Waals surface area contributed by atoms with Gasteiger partial charge in [0.1, 0.15) is 6.33 Å². The Hall–Kier alpha value is -4.21. The van der Waals surface area contributed by atoms with Crippen LogP contribution >= 0.6 is 0 Å². The molecule has 0 atom stereocenters. The molecule has 10 heteroatoms. The third kappa shape index (κ3) is 3.31. The van der Waals surface area contributed by atoms with Crippen LogP contribution in [0.1, 0.15) is 0 Å². The van der Waals surface area contributed by atoms with Crippen molar-refractivity contribution in [2.75, 3.05) is 5.73 Å². The van der Waals surface area contributed by atoms with Gasteiger partial charge in [-0.15, -0.1) is 5.10 Å². The molecule has 0 saturated heterocycles. The SMILES string of the molecule is Nc1nc(-c2ccc(-n3cnnn3)cc2)cc(-c2ccc([N+](=O)[O-])cc2)n1. The lowest BCUT2D eigenvalue weighted by Crippen LogP contribution is -1.99. The molecule has 4 aromatic rings. The summed E-state index contributed by atoms with van der Waals surface area (Å²) in [7, 11) is 0. The molecule has 0 spiro atoms. The number of hydrogen-bond acceptors (Lipinski definition) is 8. The van der Waals surface area contributed by atoms with Crippen LogP contribution in [0.2, 0.25) is 0 Å². The topological polar surface area (TPSA) is 139 Å². The number of nitrogens with two attached hydrogens (primary N) is 1. The van der Waals surface area contributed by atoms with Gasteiger partial charge in [-0.05, 0) is 40.8 Å². The van der Waals surface area contributed by atoms with E-state index in [1.165, 1.54) is 18.5 Å². The van der Waals surface area contributed by atoms with Gasteiger partial charge >= 0.3 is 0 Å². The van der Waals surface area contributed by atoms with Crippen LogP contribution in [-0.4, -0.2) is 35.1 Å². The van der Waals surface area contributed by atoms with Gasteiger partial charge in [-0.1, -0.05) is 12.1 Å². The van der Waals surface area contributed by atoms with E-state index in [9.17, 15) is 10.1 Å². The van der Waals surface area contributed by atoms with Crippen LogP contribution in [-0.2, 0) is 0 Å². The number of nitro benzene ring substituents is 1. The number of non-ortho nitro benzene ring substituents is 1. The number of hydrogen-bond donors (Lipinski definition) is 1. The van der Waals surface area contributed by atoms with Crippen LogP contribution in [0.4, 0.5) is 11.6 Å². The molecule has 4 rings (SSSR count). The molecule has 0 aliphatic rings. The summed E-state index contributed by atoms with van der Waals surface area (Å²) in [4.78, 5) is 18.9. The number of anilines is 1. The van der Waals surface area contributed by atoms with Crippen molar-refractivity contribution in [1.82, 2.24) is 30.2 Å². The highest BCUT2D eigenvalue weighted by molar-refractivity contribution is 5.70. The van der Waals surface area contributed by atoms with Gasteiger partial charge in [-0.25, -0.2) is 14.6 Å². The molecule has 2 N–H and O–H groups in total. The lowest BCUT2D eigenvalue weighted by Gasteiger charge is -2.07. The molecule has 0 aliphatic carbocycles. The molecule has 0 bridgehead atoms. The number of nitrogens with zero attached hydrogens (tertiary/aromatic N) is 7. The molecular weight excluding hydrogens is 348 g/mol. The van der Waals surface area contributed by atoms with Crippen molar-refractivity contribution in [1.29, 1.82) is 0 Å². The van der Waals surface area contributed by atoms with Crippen LogP contribution in [0.3, 0.4) is 0 Å². The second kappa shape index (κ2) is 6.59. The number of rotatable bonds is 4. The minimum Gasteiger partial charge on any atom is -0.368 e. The van der Waals surface area contributed by atoms with E-state index in [0.717, 1.165) is 11.3 Å². The fourth-order valence-corrected chi connectivity index (χ4v) is 2.58. The Labute approximate surface area is 152 Å². The molecule has 2 heterocycles. The van der Waals surface area contributed by atoms with E-state index in [4.69, 9.17) is 5.73 Å². The monoisotopic (exact) mass is 360 g/mol. The van der Waals surface area contributed by atoms with Crippen LogP contribution in [0.15, 0.2) is 60.9 Å². The number of nitrogen functional groups attached to an aromatic ring is 1. The van der Waals surface area contributed by atoms with Crippen molar-refractivity contribution in [2.24, 2.45) is 0 Å². The maximum absolute atomic E-state index is 10.8. The molecule has 0 fully saturated rings. The quantitative estimate of drug-likeness (QED) is 0.432. The maximum atomic E-state index is 10.8. The summed E-state index contributed by atoms with van der Waals surface area (Å²) in [6, 6.07) is 15.4. The highest BCUT2D eigenvalue weighted by Crippen LogP contribution is 2.26. The zero-order valence-electron chi connectivity index (χ0n) is 13.8. The zero-order valence-corrected chi connectivity index (χ0v) is 13.8. The summed E-state index contributed by atoms with van der Waals surface area (Å²) in [6.07, 6.45) is 1.50. The third-order valence-electron chi connectivity index (χ3n) is 3.89. The molecule has 0 saturated carbocycles. The summed E-state index contributed by atoms with van der Waals surface area (Å²) in [5.41, 5.74) is 9.44. The number of nitro groups is 1. The minimum absolute atomic E-state index is 0.0131. The van der Waals surface area contributed by atoms with Crippen molar-refractivity contribution >= 4 is 11.6 Å². The summed E-state index contributed by atoms with van der Waals surface area (Å²) >= 11 is 0. The highest BCUT2D eigenvalue weighted by Gasteiger charge is 2.10. The fraction of sp³-hybridized carbons (Fsp3) is 0. The van der Waals surface area contributed by atoms with E-state index in [1.807, 2.05) is 24.3 Å². The first-order valence-corrected chi connectivity index (χ1v) is 7.83. The maximum Gasteiger partial charge on any atom is 0.269 e. The number of aromatic nitrogens is 6. The van der Waals surface area contributed by atoms with Gasteiger partial charge in [0.15, 0.2) is 0 Å². The summed E-state index contributed by atoms with van der Waals surface area (Å²) in [5.74, 6) is 0.116. The van der Waals surface area contributed by atoms with Gasteiger partial charge in [0.2, 0.25) is 5.95 Å². The molecule has 0 unspecified atom stereocenters. The Morgan fingerprint density at radius 1 is 0.926 bits per heavy atom. The van der Waals surface area contributed by atoms with Crippen molar-refractivity contribution in [2.45, 2.75) is 0 Å². The normalized spacial score (nSPS) is 10.7. The lowest BCUT2D eigenvalue weighted by atomic mass is 10.1. The average molecular weight is 360 g/mol. The highest BCUT2D eigenvalue weighted by atomic mass is 16.6. The second-order valence-corrected chi connectivity index (χ2v) is 5.60. The van der Waals surface area contributed by atoms with Crippen LogP contribution < -0.4 is 5.73 Å². The van der Waals surface area contributed by atoms with Crippen molar-refractivity contribution in [3.05, 3.63) is 71.0 Å². The standard InChI is InChI=1S/C17H12N8O2/c18-17-20-15(11-1-5-13(6-2-11)24-10-19-22-23-24)9-16(21-17)12-3-7-14(8-4-12)25(26)27/h1-10H,(H2,18,20,21). The van der Waals surface area contributed by atoms with Crippen LogP contribution in [0.25, 0.3) is 28.2 Å². The van der Waals surface area contributed by atoms with E-state index in [-0.39, 0.29) is 11.6 Å². The molecule has 0 amide bonds. The number of benzene rings is 2. The van der Waals surface area contributed by atoms with Crippen LogP contribution in [0.5, 0.6) is 0 Å². The zero-order chi connectivity index (χ0) is 18.8. The largest absolute Gasteiger partial charge is 0.368 e. The van der Waals surface area contributed by atoms with Gasteiger partial charge in [0.25, 0.3) is 5.69 Å². The fourth-order valence-electron chi connectivity index (χ4n) is 2.58. The molecule has 2 aromatic carbocycles. The Morgan fingerprint density at radius 3 is 2.04 bits per heavy atom. The molecule has 27 heavy (non-hydrogen) atoms. The lowest BCUT2D eigenvalue weighted by molar-refractivity contribution is -0.384. The second-order valence-electron chi connectivity index (χ2n) is 5.60. The Balaban J connectivity index is 1.69. The van der Waals surface area contributed by atoms with Crippen molar-refractivity contribution < 1.29 is 4.92 Å². The Morgan fingerprint density at radius 2 is 1.52 bits per heavy atom. The molecule has 132 valence electrons. The first-order chi connectivity index (χ1) is 13.1. The van der Waals surface area contributed by atoms with Crippen molar-refractivity contribution in [3.63, 3.8) is 0 Å². The first-order valence-electron chi connectivity index (χ1n) is 7.83. The summed E-state index contributed by atoms with van der Waals surface area (Å²) in [6.45, 7) is 0. The van der Waals surface area contributed by atoms with Gasteiger partial charge in [0, 0.05) is 23.3 Å². The molecule has 0 aliphatic heterocycles. The summed E-state index contributed by atoms with van der Waals surface area (Å²) in [5, 5.41) is 21.9. The summed E-state index contributed by atoms with van der Waals surface area (Å²) < 4.78 is 1.54. The van der Waals surface area contributed by atoms with E-state index in [2.05, 4.69) is 25.5 Å². The van der Waals surface area contributed by atoms with Gasteiger partial charge < -0.3 is 5.73 Å². The third-order valence-corrected chi connectivity index (χ3v) is 3.89. The molecular formula is C17H12N8O2. The predicted octanol–water partition coefficient (Wildman–Crippen LogP) is 2.28. The van der Waals surface area contributed by atoms with Gasteiger partial charge in [-0.2, -0.15) is 0 Å². The predicted molar refractivity (Wildman–Crippen MR) is 96.7 cm³/mol. The molecule has 2 aromatic heterocycles. The first kappa shape index (κ1) is 16.3. The Kier molecular flexibility index (Phi) is 3.97. The van der Waals surface area contributed by atoms with E-state index in [1.54, 1.807) is 22.9 Å². The smallest absolute Gasteiger partial charge is 0.269 e. The molecule has 0 radical (unpaired) electrons. The number of tetrazole rings is 1. The molecule has 10 nitrogen and oxygen atoms in total. The van der Waals surface area contributed by atoms with Gasteiger partial charge in [-0.3, -0.25) is 10.1 Å². The Bertz CT molecular complexity index is 1090.